The molecule has 11 heteroatoms. The summed E-state index contributed by atoms with van der Waals surface area (Å²) in [4.78, 5) is 38.1. The van der Waals surface area contributed by atoms with Crippen molar-refractivity contribution in [3.63, 3.8) is 0 Å². The van der Waals surface area contributed by atoms with Crippen molar-refractivity contribution in [3.8, 4) is 5.75 Å². The summed E-state index contributed by atoms with van der Waals surface area (Å²) in [7, 11) is 0. The van der Waals surface area contributed by atoms with Gasteiger partial charge in [0, 0.05) is 44.4 Å². The molecule has 1 aliphatic rings. The largest absolute Gasteiger partial charge is 0.487 e. The summed E-state index contributed by atoms with van der Waals surface area (Å²) in [5.41, 5.74) is 4.63. The zero-order chi connectivity index (χ0) is 22.5. The molecule has 30 heavy (non-hydrogen) atoms. The Labute approximate surface area is 183 Å². The van der Waals surface area contributed by atoms with Crippen LogP contribution in [-0.4, -0.2) is 71.7 Å². The number of benzene rings is 1. The monoisotopic (exact) mass is 486 g/mol. The van der Waals surface area contributed by atoms with Crippen LogP contribution in [0.4, 0.5) is 10.5 Å². The van der Waals surface area contributed by atoms with Gasteiger partial charge in [-0.15, -0.1) is 0 Å². The fraction of sp³-hybridized carbons (Fsp3) is 0.579. The fourth-order valence-corrected chi connectivity index (χ4v) is 3.54. The molecule has 2 amide bonds. The molecule has 1 heterocycles. The number of nitrogens with two attached hydrogens (primary N) is 1. The molecule has 0 atom stereocenters. The van der Waals surface area contributed by atoms with Crippen LogP contribution in [0.15, 0.2) is 16.6 Å². The highest BCUT2D eigenvalue weighted by Crippen LogP contribution is 2.36. The standard InChI is InChI=1S/C19H27BrN4O6/c1-19(2,3)30-18(26)23-8-6-22(7-9-23)5-4-10-29-15-12-13(17(21)25)11-14(20)16(15)24(27)28/h11-12H,4-10H2,1-3H3,(H2,21,25). The Morgan fingerprint density at radius 1 is 1.23 bits per heavy atom. The second-order valence-electron chi connectivity index (χ2n) is 7.94. The van der Waals surface area contributed by atoms with E-state index in [9.17, 15) is 19.7 Å². The average molecular weight is 487 g/mol. The number of nitro groups is 1. The van der Waals surface area contributed by atoms with Crippen LogP contribution < -0.4 is 10.5 Å². The molecule has 10 nitrogen and oxygen atoms in total. The first-order chi connectivity index (χ1) is 14.0. The summed E-state index contributed by atoms with van der Waals surface area (Å²) < 4.78 is 11.1. The van der Waals surface area contributed by atoms with Gasteiger partial charge in [-0.1, -0.05) is 0 Å². The Hall–Kier alpha value is -2.40. The Balaban J connectivity index is 1.83. The highest BCUT2D eigenvalue weighted by molar-refractivity contribution is 9.10. The molecule has 0 radical (unpaired) electrons. The van der Waals surface area contributed by atoms with Crippen molar-refractivity contribution in [2.45, 2.75) is 32.8 Å². The topological polar surface area (TPSA) is 128 Å². The predicted octanol–water partition coefficient (Wildman–Crippen LogP) is 2.78. The molecular formula is C19H27BrN4O6. The lowest BCUT2D eigenvalue weighted by Crippen LogP contribution is -2.50. The van der Waals surface area contributed by atoms with E-state index in [-0.39, 0.29) is 34.2 Å². The van der Waals surface area contributed by atoms with E-state index in [4.69, 9.17) is 15.2 Å². The summed E-state index contributed by atoms with van der Waals surface area (Å²) in [6.45, 7) is 9.04. The van der Waals surface area contributed by atoms with E-state index in [0.29, 0.717) is 39.1 Å². The second kappa shape index (κ2) is 10.1. The SMILES string of the molecule is CC(C)(C)OC(=O)N1CCN(CCCOc2cc(C(N)=O)cc(Br)c2[N+](=O)[O-])CC1. The van der Waals surface area contributed by atoms with Crippen LogP contribution >= 0.6 is 15.9 Å². The Kier molecular flexibility index (Phi) is 8.02. The van der Waals surface area contributed by atoms with E-state index in [0.717, 1.165) is 0 Å². The van der Waals surface area contributed by atoms with Crippen molar-refractivity contribution in [3.05, 3.63) is 32.3 Å². The minimum absolute atomic E-state index is 0.00193. The van der Waals surface area contributed by atoms with Crippen molar-refractivity contribution in [1.82, 2.24) is 9.80 Å². The number of hydrogen-bond donors (Lipinski definition) is 1. The van der Waals surface area contributed by atoms with Crippen LogP contribution in [0.2, 0.25) is 0 Å². The molecule has 0 aliphatic carbocycles. The third kappa shape index (κ3) is 6.84. The molecule has 0 unspecified atom stereocenters. The van der Waals surface area contributed by atoms with E-state index in [1.54, 1.807) is 4.90 Å². The lowest BCUT2D eigenvalue weighted by atomic mass is 10.2. The van der Waals surface area contributed by atoms with Gasteiger partial charge in [0.15, 0.2) is 5.75 Å². The number of rotatable bonds is 7. The first-order valence-corrected chi connectivity index (χ1v) is 10.4. The number of hydrogen-bond acceptors (Lipinski definition) is 7. The van der Waals surface area contributed by atoms with Gasteiger partial charge in [0.25, 0.3) is 0 Å². The highest BCUT2D eigenvalue weighted by Gasteiger charge is 2.26. The number of nitro benzene ring substituents is 1. The van der Waals surface area contributed by atoms with Gasteiger partial charge >= 0.3 is 11.8 Å². The summed E-state index contributed by atoms with van der Waals surface area (Å²) in [6, 6.07) is 2.59. The summed E-state index contributed by atoms with van der Waals surface area (Å²) in [6.07, 6.45) is 0.319. The van der Waals surface area contributed by atoms with Crippen LogP contribution in [0.25, 0.3) is 0 Å². The third-order valence-corrected chi connectivity index (χ3v) is 5.00. The molecule has 1 aromatic carbocycles. The fourth-order valence-electron chi connectivity index (χ4n) is 2.95. The normalized spacial score (nSPS) is 15.0. The van der Waals surface area contributed by atoms with Crippen molar-refractivity contribution in [2.24, 2.45) is 5.73 Å². The molecule has 1 saturated heterocycles. The van der Waals surface area contributed by atoms with E-state index in [1.807, 2.05) is 20.8 Å². The van der Waals surface area contributed by atoms with Crippen molar-refractivity contribution in [2.75, 3.05) is 39.3 Å². The maximum Gasteiger partial charge on any atom is 0.410 e. The van der Waals surface area contributed by atoms with E-state index < -0.39 is 16.4 Å². The van der Waals surface area contributed by atoms with Gasteiger partial charge < -0.3 is 20.1 Å². The van der Waals surface area contributed by atoms with Gasteiger partial charge in [0.05, 0.1) is 11.5 Å². The maximum absolute atomic E-state index is 12.1. The first kappa shape index (κ1) is 23.9. The molecule has 0 aromatic heterocycles. The van der Waals surface area contributed by atoms with Gasteiger partial charge in [-0.2, -0.15) is 0 Å². The molecule has 2 N–H and O–H groups in total. The van der Waals surface area contributed by atoms with Gasteiger partial charge in [0.1, 0.15) is 10.1 Å². The van der Waals surface area contributed by atoms with Crippen LogP contribution in [0.5, 0.6) is 5.75 Å². The first-order valence-electron chi connectivity index (χ1n) is 9.59. The van der Waals surface area contributed by atoms with E-state index >= 15 is 0 Å². The molecular weight excluding hydrogens is 460 g/mol. The molecule has 1 fully saturated rings. The number of nitrogens with zero attached hydrogens (tertiary/aromatic N) is 3. The number of carbonyl (C=O) groups excluding carboxylic acids is 2. The summed E-state index contributed by atoms with van der Waals surface area (Å²) in [5, 5.41) is 11.3. The Morgan fingerprint density at radius 3 is 2.40 bits per heavy atom. The third-order valence-electron chi connectivity index (χ3n) is 4.40. The van der Waals surface area contributed by atoms with Gasteiger partial charge in [-0.05, 0) is 49.2 Å². The van der Waals surface area contributed by atoms with Crippen LogP contribution in [0.3, 0.4) is 0 Å². The maximum atomic E-state index is 12.1. The Morgan fingerprint density at radius 2 is 1.87 bits per heavy atom. The van der Waals surface area contributed by atoms with Crippen LogP contribution in [-0.2, 0) is 4.74 Å². The molecule has 1 aromatic rings. The zero-order valence-corrected chi connectivity index (χ0v) is 18.9. The molecule has 2 rings (SSSR count). The number of piperazine rings is 1. The Bertz CT molecular complexity index is 803. The smallest absolute Gasteiger partial charge is 0.410 e. The lowest BCUT2D eigenvalue weighted by molar-refractivity contribution is -0.386. The quantitative estimate of drug-likeness (QED) is 0.356. The molecule has 0 spiro atoms. The second-order valence-corrected chi connectivity index (χ2v) is 8.79. The van der Waals surface area contributed by atoms with E-state index in [1.165, 1.54) is 12.1 Å². The van der Waals surface area contributed by atoms with Crippen LogP contribution in [0, 0.1) is 10.1 Å². The number of primary amides is 1. The van der Waals surface area contributed by atoms with E-state index in [2.05, 4.69) is 20.8 Å². The van der Waals surface area contributed by atoms with Crippen molar-refractivity contribution >= 4 is 33.6 Å². The summed E-state index contributed by atoms with van der Waals surface area (Å²) in [5.74, 6) is -0.698. The number of amides is 2. The van der Waals surface area contributed by atoms with Gasteiger partial charge in [-0.25, -0.2) is 4.79 Å². The van der Waals surface area contributed by atoms with Gasteiger partial charge in [0.2, 0.25) is 5.91 Å². The van der Waals surface area contributed by atoms with Crippen molar-refractivity contribution < 1.29 is 24.0 Å². The molecule has 166 valence electrons. The molecule has 0 saturated carbocycles. The highest BCUT2D eigenvalue weighted by atomic mass is 79.9. The molecule has 0 bridgehead atoms. The van der Waals surface area contributed by atoms with Crippen molar-refractivity contribution in [1.29, 1.82) is 0 Å². The number of halogens is 1. The van der Waals surface area contributed by atoms with Gasteiger partial charge in [-0.3, -0.25) is 19.8 Å². The predicted molar refractivity (Wildman–Crippen MR) is 114 cm³/mol. The minimum atomic E-state index is -0.696. The van der Waals surface area contributed by atoms with Crippen LogP contribution in [0.1, 0.15) is 37.6 Å². The zero-order valence-electron chi connectivity index (χ0n) is 17.4. The number of ether oxygens (including phenoxy) is 2. The summed E-state index contributed by atoms with van der Waals surface area (Å²) >= 11 is 3.09. The average Bonchev–Trinajstić information content (AvgIpc) is 2.63. The number of carbonyl (C=O) groups is 2. The minimum Gasteiger partial charge on any atom is -0.487 e. The molecule has 1 aliphatic heterocycles. The lowest BCUT2D eigenvalue weighted by Gasteiger charge is -2.35.